The van der Waals surface area contributed by atoms with Crippen molar-refractivity contribution in [2.45, 2.75) is 13.8 Å². The SMILES string of the molecule is CCOc1ccc(C=C2N=C(c3ccc(C)cc3)N(c3ccc(F)cc3)C2=O)cc1. The number of aryl methyl sites for hydroxylation is 1. The van der Waals surface area contributed by atoms with E-state index < -0.39 is 0 Å². The van der Waals surface area contributed by atoms with Gasteiger partial charge in [0.05, 0.1) is 12.3 Å². The summed E-state index contributed by atoms with van der Waals surface area (Å²) in [5, 5.41) is 0. The molecular weight excluding hydrogens is 379 g/mol. The molecule has 30 heavy (non-hydrogen) atoms. The molecule has 1 amide bonds. The first kappa shape index (κ1) is 19.6. The van der Waals surface area contributed by atoms with E-state index in [2.05, 4.69) is 4.99 Å². The van der Waals surface area contributed by atoms with Crippen molar-refractivity contribution in [2.75, 3.05) is 11.5 Å². The zero-order valence-electron chi connectivity index (χ0n) is 16.8. The maximum Gasteiger partial charge on any atom is 0.282 e. The topological polar surface area (TPSA) is 41.9 Å². The Morgan fingerprint density at radius 2 is 1.63 bits per heavy atom. The average Bonchev–Trinajstić information content (AvgIpc) is 3.07. The van der Waals surface area contributed by atoms with E-state index in [1.807, 2.05) is 62.4 Å². The molecule has 4 nitrogen and oxygen atoms in total. The highest BCUT2D eigenvalue weighted by atomic mass is 19.1. The molecule has 0 saturated carbocycles. The lowest BCUT2D eigenvalue weighted by Crippen LogP contribution is -2.32. The van der Waals surface area contributed by atoms with Gasteiger partial charge in [-0.25, -0.2) is 9.38 Å². The van der Waals surface area contributed by atoms with Crippen molar-refractivity contribution < 1.29 is 13.9 Å². The van der Waals surface area contributed by atoms with Crippen molar-refractivity contribution in [3.63, 3.8) is 0 Å². The second-order valence-electron chi connectivity index (χ2n) is 6.95. The van der Waals surface area contributed by atoms with Crippen LogP contribution in [0.15, 0.2) is 83.5 Å². The highest BCUT2D eigenvalue weighted by molar-refractivity contribution is 6.33. The summed E-state index contributed by atoms with van der Waals surface area (Å²) in [6, 6.07) is 21.1. The van der Waals surface area contributed by atoms with E-state index in [0.717, 1.165) is 22.4 Å². The van der Waals surface area contributed by atoms with Gasteiger partial charge in [0.25, 0.3) is 5.91 Å². The number of halogens is 1. The van der Waals surface area contributed by atoms with Crippen molar-refractivity contribution in [2.24, 2.45) is 4.99 Å². The molecule has 5 heteroatoms. The Labute approximate surface area is 175 Å². The second-order valence-corrected chi connectivity index (χ2v) is 6.95. The standard InChI is InChI=1S/C25H21FN2O2/c1-3-30-22-14-6-18(7-15-22)16-23-25(29)28(21-12-10-20(26)11-13-21)24(27-23)19-8-4-17(2)5-9-19/h4-16H,3H2,1-2H3. The quantitative estimate of drug-likeness (QED) is 0.541. The Balaban J connectivity index is 1.75. The third-order valence-electron chi connectivity index (χ3n) is 4.75. The van der Waals surface area contributed by atoms with Crippen LogP contribution in [0.25, 0.3) is 6.08 Å². The fourth-order valence-electron chi connectivity index (χ4n) is 3.23. The predicted molar refractivity (Wildman–Crippen MR) is 117 cm³/mol. The van der Waals surface area contributed by atoms with Crippen LogP contribution in [0.4, 0.5) is 10.1 Å². The van der Waals surface area contributed by atoms with E-state index in [1.54, 1.807) is 18.2 Å². The number of rotatable bonds is 5. The summed E-state index contributed by atoms with van der Waals surface area (Å²) in [6.07, 6.45) is 1.75. The Kier molecular flexibility index (Phi) is 5.44. The van der Waals surface area contributed by atoms with Gasteiger partial charge >= 0.3 is 0 Å². The molecule has 1 aliphatic rings. The van der Waals surface area contributed by atoms with Crippen LogP contribution in [-0.2, 0) is 4.79 Å². The van der Waals surface area contributed by atoms with Gasteiger partial charge in [-0.1, -0.05) is 42.0 Å². The van der Waals surface area contributed by atoms with Crippen LogP contribution in [0.2, 0.25) is 0 Å². The number of anilines is 1. The molecule has 0 aromatic heterocycles. The highest BCUT2D eigenvalue weighted by Gasteiger charge is 2.32. The second kappa shape index (κ2) is 8.33. The van der Waals surface area contributed by atoms with Gasteiger partial charge < -0.3 is 4.74 Å². The van der Waals surface area contributed by atoms with E-state index >= 15 is 0 Å². The Morgan fingerprint density at radius 1 is 0.967 bits per heavy atom. The zero-order chi connectivity index (χ0) is 21.1. The minimum Gasteiger partial charge on any atom is -0.494 e. The number of carbonyl (C=O) groups is 1. The van der Waals surface area contributed by atoms with Crippen LogP contribution in [0.5, 0.6) is 5.75 Å². The summed E-state index contributed by atoms with van der Waals surface area (Å²) < 4.78 is 18.9. The normalized spacial score (nSPS) is 14.9. The molecule has 0 fully saturated rings. The molecule has 3 aromatic rings. The van der Waals surface area contributed by atoms with Gasteiger partial charge in [0, 0.05) is 5.56 Å². The van der Waals surface area contributed by atoms with E-state index in [4.69, 9.17) is 4.74 Å². The summed E-state index contributed by atoms with van der Waals surface area (Å²) in [5.74, 6) is 0.674. The van der Waals surface area contributed by atoms with Crippen molar-refractivity contribution in [3.05, 3.63) is 101 Å². The lowest BCUT2D eigenvalue weighted by Gasteiger charge is -2.18. The third kappa shape index (κ3) is 4.01. The van der Waals surface area contributed by atoms with Crippen LogP contribution in [-0.4, -0.2) is 18.3 Å². The summed E-state index contributed by atoms with van der Waals surface area (Å²) in [4.78, 5) is 19.4. The van der Waals surface area contributed by atoms with Gasteiger partial charge in [-0.05, 0) is 61.9 Å². The van der Waals surface area contributed by atoms with E-state index in [9.17, 15) is 9.18 Å². The van der Waals surface area contributed by atoms with E-state index in [-0.39, 0.29) is 11.7 Å². The fourth-order valence-corrected chi connectivity index (χ4v) is 3.23. The molecule has 0 unspecified atom stereocenters. The molecular formula is C25H21FN2O2. The molecule has 0 saturated heterocycles. The lowest BCUT2D eigenvalue weighted by atomic mass is 10.1. The summed E-state index contributed by atoms with van der Waals surface area (Å²) in [7, 11) is 0. The average molecular weight is 400 g/mol. The van der Waals surface area contributed by atoms with Gasteiger partial charge in [-0.3, -0.25) is 9.69 Å². The summed E-state index contributed by atoms with van der Waals surface area (Å²) >= 11 is 0. The third-order valence-corrected chi connectivity index (χ3v) is 4.75. The molecule has 4 rings (SSSR count). The number of carbonyl (C=O) groups excluding carboxylic acids is 1. The number of aliphatic imine (C=N–C) groups is 1. The molecule has 1 aliphatic heterocycles. The zero-order valence-corrected chi connectivity index (χ0v) is 16.8. The fraction of sp³-hybridized carbons (Fsp3) is 0.120. The van der Waals surface area contributed by atoms with Crippen molar-refractivity contribution in [3.8, 4) is 5.75 Å². The monoisotopic (exact) mass is 400 g/mol. The molecule has 1 heterocycles. The van der Waals surface area contributed by atoms with E-state index in [1.165, 1.54) is 17.0 Å². The lowest BCUT2D eigenvalue weighted by molar-refractivity contribution is -0.113. The summed E-state index contributed by atoms with van der Waals surface area (Å²) in [5.41, 5.74) is 3.65. The molecule has 0 bridgehead atoms. The minimum absolute atomic E-state index is 0.258. The van der Waals surface area contributed by atoms with Crippen LogP contribution >= 0.6 is 0 Å². The first-order valence-corrected chi connectivity index (χ1v) is 9.75. The largest absolute Gasteiger partial charge is 0.494 e. The maximum atomic E-state index is 13.4. The molecule has 0 radical (unpaired) electrons. The number of nitrogens with zero attached hydrogens (tertiary/aromatic N) is 2. The Hall–Kier alpha value is -3.73. The number of benzene rings is 3. The molecule has 0 aliphatic carbocycles. The predicted octanol–water partition coefficient (Wildman–Crippen LogP) is 5.37. The van der Waals surface area contributed by atoms with Crippen LogP contribution in [0.1, 0.15) is 23.6 Å². The van der Waals surface area contributed by atoms with E-state index in [0.29, 0.717) is 23.8 Å². The Morgan fingerprint density at radius 3 is 2.27 bits per heavy atom. The number of ether oxygens (including phenoxy) is 1. The molecule has 0 N–H and O–H groups in total. The van der Waals surface area contributed by atoms with Crippen LogP contribution in [0, 0.1) is 12.7 Å². The smallest absolute Gasteiger partial charge is 0.282 e. The Bertz CT molecular complexity index is 1120. The number of hydrogen-bond donors (Lipinski definition) is 0. The van der Waals surface area contributed by atoms with Crippen molar-refractivity contribution >= 4 is 23.5 Å². The molecule has 3 aromatic carbocycles. The van der Waals surface area contributed by atoms with Gasteiger partial charge in [-0.15, -0.1) is 0 Å². The molecule has 150 valence electrons. The van der Waals surface area contributed by atoms with Gasteiger partial charge in [0.2, 0.25) is 0 Å². The first-order valence-electron chi connectivity index (χ1n) is 9.75. The molecule has 0 atom stereocenters. The highest BCUT2D eigenvalue weighted by Crippen LogP contribution is 2.28. The number of amides is 1. The van der Waals surface area contributed by atoms with Crippen molar-refractivity contribution in [1.82, 2.24) is 0 Å². The van der Waals surface area contributed by atoms with Gasteiger partial charge in [0.15, 0.2) is 0 Å². The minimum atomic E-state index is -0.357. The van der Waals surface area contributed by atoms with Gasteiger partial charge in [0.1, 0.15) is 23.1 Å². The maximum absolute atomic E-state index is 13.4. The number of amidine groups is 1. The number of hydrogen-bond acceptors (Lipinski definition) is 3. The van der Waals surface area contributed by atoms with Crippen molar-refractivity contribution in [1.29, 1.82) is 0 Å². The van der Waals surface area contributed by atoms with Crippen LogP contribution in [0.3, 0.4) is 0 Å². The van der Waals surface area contributed by atoms with Gasteiger partial charge in [-0.2, -0.15) is 0 Å². The van der Waals surface area contributed by atoms with Crippen LogP contribution < -0.4 is 9.64 Å². The first-order chi connectivity index (χ1) is 14.5. The summed E-state index contributed by atoms with van der Waals surface area (Å²) in [6.45, 7) is 4.52. The molecule has 0 spiro atoms.